The molecule has 1 heterocycles. The summed E-state index contributed by atoms with van der Waals surface area (Å²) < 4.78 is 4.74. The van der Waals surface area contributed by atoms with Crippen molar-refractivity contribution >= 4 is 5.97 Å². The van der Waals surface area contributed by atoms with E-state index in [-0.39, 0.29) is 17.1 Å². The molecule has 0 aliphatic heterocycles. The van der Waals surface area contributed by atoms with Gasteiger partial charge >= 0.3 is 5.97 Å². The largest absolute Gasteiger partial charge is 0.481 e. The van der Waals surface area contributed by atoms with Gasteiger partial charge in [-0.15, -0.1) is 0 Å². The zero-order valence-electron chi connectivity index (χ0n) is 6.81. The summed E-state index contributed by atoms with van der Waals surface area (Å²) in [6.07, 6.45) is 0. The van der Waals surface area contributed by atoms with Gasteiger partial charge in [-0.1, -0.05) is 0 Å². The third-order valence-corrected chi connectivity index (χ3v) is 1.42. The summed E-state index contributed by atoms with van der Waals surface area (Å²) in [5.74, 6) is -0.951. The van der Waals surface area contributed by atoms with Crippen molar-refractivity contribution in [2.45, 2.75) is 0 Å². The van der Waals surface area contributed by atoms with Crippen LogP contribution in [0.4, 0.5) is 0 Å². The highest BCUT2D eigenvalue weighted by atomic mass is 16.5. The van der Waals surface area contributed by atoms with Gasteiger partial charge in [0.2, 0.25) is 5.88 Å². The highest BCUT2D eigenvalue weighted by Gasteiger charge is 2.11. The van der Waals surface area contributed by atoms with E-state index in [1.54, 1.807) is 6.07 Å². The fourth-order valence-electron chi connectivity index (χ4n) is 0.813. The molecular weight excluding hydrogens is 172 g/mol. The lowest BCUT2D eigenvalue weighted by Crippen LogP contribution is -2.03. The molecule has 1 N–H and O–H groups in total. The summed E-state index contributed by atoms with van der Waals surface area (Å²) in [7, 11) is 1.39. The Hall–Kier alpha value is -2.09. The molecular formula is C8H6N2O3. The Bertz CT molecular complexity index is 381. The van der Waals surface area contributed by atoms with E-state index >= 15 is 0 Å². The zero-order valence-corrected chi connectivity index (χ0v) is 6.81. The van der Waals surface area contributed by atoms with E-state index in [1.165, 1.54) is 19.2 Å². The van der Waals surface area contributed by atoms with Crippen LogP contribution >= 0.6 is 0 Å². The van der Waals surface area contributed by atoms with E-state index in [4.69, 9.17) is 15.1 Å². The van der Waals surface area contributed by atoms with Gasteiger partial charge < -0.3 is 9.84 Å². The molecule has 0 radical (unpaired) electrons. The third kappa shape index (κ3) is 1.73. The number of ether oxygens (including phenoxy) is 1. The number of nitrogens with zero attached hydrogens (tertiary/aromatic N) is 2. The summed E-state index contributed by atoms with van der Waals surface area (Å²) in [4.78, 5) is 14.2. The summed E-state index contributed by atoms with van der Waals surface area (Å²) in [6, 6.07) is 4.36. The molecule has 1 rings (SSSR count). The number of hydrogen-bond donors (Lipinski definition) is 1. The summed E-state index contributed by atoms with van der Waals surface area (Å²) in [5.41, 5.74) is -0.268. The monoisotopic (exact) mass is 178 g/mol. The molecule has 0 saturated carbocycles. The normalized spacial score (nSPS) is 8.92. The smallest absolute Gasteiger partial charge is 0.338 e. The topological polar surface area (TPSA) is 83.2 Å². The van der Waals surface area contributed by atoms with Crippen LogP contribution in [0.25, 0.3) is 0 Å². The van der Waals surface area contributed by atoms with Crippen LogP contribution in [0, 0.1) is 11.3 Å². The maximum atomic E-state index is 10.5. The van der Waals surface area contributed by atoms with Crippen molar-refractivity contribution in [1.82, 2.24) is 4.98 Å². The quantitative estimate of drug-likeness (QED) is 0.719. The SMILES string of the molecule is COc1ccc(C(=O)O)c(C#N)n1. The summed E-state index contributed by atoms with van der Waals surface area (Å²) >= 11 is 0. The van der Waals surface area contributed by atoms with Crippen molar-refractivity contribution in [2.24, 2.45) is 0 Å². The molecule has 5 nitrogen and oxygen atoms in total. The van der Waals surface area contributed by atoms with E-state index in [2.05, 4.69) is 4.98 Å². The van der Waals surface area contributed by atoms with Gasteiger partial charge in [-0.3, -0.25) is 0 Å². The Morgan fingerprint density at radius 3 is 2.85 bits per heavy atom. The lowest BCUT2D eigenvalue weighted by Gasteiger charge is -2.00. The molecule has 66 valence electrons. The van der Waals surface area contributed by atoms with Gasteiger partial charge in [0.15, 0.2) is 5.69 Å². The van der Waals surface area contributed by atoms with Crippen LogP contribution in [0.2, 0.25) is 0 Å². The molecule has 0 fully saturated rings. The molecule has 1 aromatic heterocycles. The lowest BCUT2D eigenvalue weighted by atomic mass is 10.2. The van der Waals surface area contributed by atoms with Gasteiger partial charge in [-0.05, 0) is 6.07 Å². The van der Waals surface area contributed by atoms with Crippen molar-refractivity contribution in [2.75, 3.05) is 7.11 Å². The third-order valence-electron chi connectivity index (χ3n) is 1.42. The number of carbonyl (C=O) groups is 1. The molecule has 0 unspecified atom stereocenters. The van der Waals surface area contributed by atoms with Crippen molar-refractivity contribution in [1.29, 1.82) is 5.26 Å². The number of methoxy groups -OCH3 is 1. The first-order valence-corrected chi connectivity index (χ1v) is 3.37. The number of rotatable bonds is 2. The first kappa shape index (κ1) is 9.00. The first-order chi connectivity index (χ1) is 6.19. The number of pyridine rings is 1. The highest BCUT2D eigenvalue weighted by Crippen LogP contribution is 2.11. The van der Waals surface area contributed by atoms with E-state index in [1.807, 2.05) is 0 Å². The van der Waals surface area contributed by atoms with Gasteiger partial charge in [-0.25, -0.2) is 9.78 Å². The van der Waals surface area contributed by atoms with Crippen LogP contribution in [0.15, 0.2) is 12.1 Å². The fourth-order valence-corrected chi connectivity index (χ4v) is 0.813. The Balaban J connectivity index is 3.26. The molecule has 0 bridgehead atoms. The van der Waals surface area contributed by atoms with Crippen molar-refractivity contribution in [3.8, 4) is 11.9 Å². The lowest BCUT2D eigenvalue weighted by molar-refractivity contribution is 0.0696. The number of nitriles is 1. The van der Waals surface area contributed by atoms with Gasteiger partial charge in [0.1, 0.15) is 6.07 Å². The number of aromatic nitrogens is 1. The van der Waals surface area contributed by atoms with Crippen LogP contribution in [-0.2, 0) is 0 Å². The minimum Gasteiger partial charge on any atom is -0.481 e. The van der Waals surface area contributed by atoms with Crippen molar-refractivity contribution in [3.05, 3.63) is 23.4 Å². The molecule has 1 aromatic rings. The molecule has 13 heavy (non-hydrogen) atoms. The molecule has 0 aromatic carbocycles. The van der Waals surface area contributed by atoms with Crippen LogP contribution in [-0.4, -0.2) is 23.2 Å². The molecule has 0 amide bonds. The van der Waals surface area contributed by atoms with Crippen molar-refractivity contribution < 1.29 is 14.6 Å². The van der Waals surface area contributed by atoms with Gasteiger partial charge in [0, 0.05) is 6.07 Å². The standard InChI is InChI=1S/C8H6N2O3/c1-13-7-3-2-5(8(11)12)6(4-9)10-7/h2-3H,1H3,(H,11,12). The second-order valence-electron chi connectivity index (χ2n) is 2.17. The van der Waals surface area contributed by atoms with E-state index in [0.29, 0.717) is 0 Å². The summed E-state index contributed by atoms with van der Waals surface area (Å²) in [5, 5.41) is 17.2. The van der Waals surface area contributed by atoms with Crippen LogP contribution in [0.5, 0.6) is 5.88 Å². The molecule has 0 spiro atoms. The second kappa shape index (κ2) is 3.54. The maximum Gasteiger partial charge on any atom is 0.338 e. The minimum absolute atomic E-state index is 0.122. The Morgan fingerprint density at radius 1 is 1.69 bits per heavy atom. The Morgan fingerprint density at radius 2 is 2.38 bits per heavy atom. The Kier molecular flexibility index (Phi) is 2.45. The number of aromatic carboxylic acids is 1. The van der Waals surface area contributed by atoms with Gasteiger partial charge in [0.25, 0.3) is 0 Å². The molecule has 0 aliphatic rings. The van der Waals surface area contributed by atoms with Crippen molar-refractivity contribution in [3.63, 3.8) is 0 Å². The zero-order chi connectivity index (χ0) is 9.84. The van der Waals surface area contributed by atoms with Crippen LogP contribution in [0.3, 0.4) is 0 Å². The predicted octanol–water partition coefficient (Wildman–Crippen LogP) is 0.660. The minimum atomic E-state index is -1.17. The maximum absolute atomic E-state index is 10.5. The van der Waals surface area contributed by atoms with Crippen LogP contribution in [0.1, 0.15) is 16.1 Å². The molecule has 0 saturated heterocycles. The van der Waals surface area contributed by atoms with Gasteiger partial charge in [-0.2, -0.15) is 5.26 Å². The predicted molar refractivity (Wildman–Crippen MR) is 42.5 cm³/mol. The number of hydrogen-bond acceptors (Lipinski definition) is 4. The summed E-state index contributed by atoms with van der Waals surface area (Å²) in [6.45, 7) is 0. The van der Waals surface area contributed by atoms with E-state index < -0.39 is 5.97 Å². The Labute approximate surface area is 74.2 Å². The van der Waals surface area contributed by atoms with Gasteiger partial charge in [0.05, 0.1) is 12.7 Å². The fraction of sp³-hybridized carbons (Fsp3) is 0.125. The number of carboxylic acids is 1. The van der Waals surface area contributed by atoms with E-state index in [0.717, 1.165) is 0 Å². The highest BCUT2D eigenvalue weighted by molar-refractivity contribution is 5.89. The van der Waals surface area contributed by atoms with Crippen LogP contribution < -0.4 is 4.74 Å². The molecule has 0 aliphatic carbocycles. The first-order valence-electron chi connectivity index (χ1n) is 3.37. The second-order valence-corrected chi connectivity index (χ2v) is 2.17. The molecule has 0 atom stereocenters. The molecule has 5 heteroatoms. The average molecular weight is 178 g/mol. The number of carboxylic acid groups (broad SMARTS) is 1. The van der Waals surface area contributed by atoms with E-state index in [9.17, 15) is 4.79 Å². The average Bonchev–Trinajstić information content (AvgIpc) is 2.16.